The van der Waals surface area contributed by atoms with Gasteiger partial charge in [0.2, 0.25) is 0 Å². The number of halogens is 1. The molecule has 1 unspecified atom stereocenters. The number of anilines is 1. The van der Waals surface area contributed by atoms with Crippen molar-refractivity contribution in [2.24, 2.45) is 0 Å². The quantitative estimate of drug-likeness (QED) is 0.854. The second-order valence-corrected chi connectivity index (χ2v) is 6.18. The fraction of sp³-hybridized carbons (Fsp3) is 0.467. The third-order valence-electron chi connectivity index (χ3n) is 3.82. The van der Waals surface area contributed by atoms with Crippen molar-refractivity contribution in [3.63, 3.8) is 0 Å². The van der Waals surface area contributed by atoms with Gasteiger partial charge in [0, 0.05) is 43.2 Å². The third kappa shape index (κ3) is 3.37. The van der Waals surface area contributed by atoms with Gasteiger partial charge in [-0.3, -0.25) is 0 Å². The van der Waals surface area contributed by atoms with Crippen molar-refractivity contribution in [2.45, 2.75) is 32.1 Å². The normalized spacial score (nSPS) is 18.8. The molecular formula is C15H18BrN5. The molecule has 0 amide bonds. The lowest BCUT2D eigenvalue weighted by molar-refractivity contribution is 0.488. The van der Waals surface area contributed by atoms with E-state index in [0.717, 1.165) is 54.2 Å². The van der Waals surface area contributed by atoms with Crippen molar-refractivity contribution in [3.8, 4) is 0 Å². The standard InChI is InChI=1S/C15H18BrN5/c1-2-13-6-14(20-10-19-13)21-5-3-4-11(9-21)15-17-7-12(16)8-18-15/h6-8,10-11H,2-5,9H2,1H3. The molecule has 2 aromatic rings. The molecule has 3 heterocycles. The molecule has 6 heteroatoms. The van der Waals surface area contributed by atoms with Crippen LogP contribution in [0.25, 0.3) is 0 Å². The third-order valence-corrected chi connectivity index (χ3v) is 4.23. The molecule has 0 N–H and O–H groups in total. The SMILES string of the molecule is CCc1cc(N2CCCC(c3ncc(Br)cn3)C2)ncn1. The van der Waals surface area contributed by atoms with Crippen molar-refractivity contribution in [1.29, 1.82) is 0 Å². The van der Waals surface area contributed by atoms with Gasteiger partial charge in [0.25, 0.3) is 0 Å². The zero-order valence-corrected chi connectivity index (χ0v) is 13.6. The van der Waals surface area contributed by atoms with E-state index in [4.69, 9.17) is 0 Å². The summed E-state index contributed by atoms with van der Waals surface area (Å²) in [6, 6.07) is 2.09. The van der Waals surface area contributed by atoms with Crippen molar-refractivity contribution < 1.29 is 0 Å². The molecule has 0 radical (unpaired) electrons. The van der Waals surface area contributed by atoms with Gasteiger partial charge >= 0.3 is 0 Å². The summed E-state index contributed by atoms with van der Waals surface area (Å²) in [5.74, 6) is 2.31. The molecule has 1 atom stereocenters. The number of nitrogens with zero attached hydrogens (tertiary/aromatic N) is 5. The number of piperidine rings is 1. The number of aryl methyl sites for hydroxylation is 1. The van der Waals surface area contributed by atoms with E-state index in [0.29, 0.717) is 5.92 Å². The number of rotatable bonds is 3. The first-order valence-electron chi connectivity index (χ1n) is 7.29. The van der Waals surface area contributed by atoms with E-state index in [1.165, 1.54) is 0 Å². The summed E-state index contributed by atoms with van der Waals surface area (Å²) in [5, 5.41) is 0. The van der Waals surface area contributed by atoms with Gasteiger partial charge in [-0.1, -0.05) is 6.92 Å². The van der Waals surface area contributed by atoms with Gasteiger partial charge in [0.05, 0.1) is 4.47 Å². The van der Waals surface area contributed by atoms with Crippen LogP contribution in [-0.2, 0) is 6.42 Å². The Hall–Kier alpha value is -1.56. The van der Waals surface area contributed by atoms with E-state index in [1.54, 1.807) is 6.33 Å². The van der Waals surface area contributed by atoms with Crippen LogP contribution < -0.4 is 4.90 Å². The van der Waals surface area contributed by atoms with E-state index in [-0.39, 0.29) is 0 Å². The van der Waals surface area contributed by atoms with Crippen LogP contribution >= 0.6 is 15.9 Å². The molecule has 0 saturated carbocycles. The molecule has 0 aromatic carbocycles. The molecule has 1 aliphatic heterocycles. The molecule has 110 valence electrons. The van der Waals surface area contributed by atoms with Crippen molar-refractivity contribution in [3.05, 3.63) is 40.8 Å². The lowest BCUT2D eigenvalue weighted by atomic mass is 9.97. The second-order valence-electron chi connectivity index (χ2n) is 5.27. The Kier molecular flexibility index (Phi) is 4.43. The molecule has 1 fully saturated rings. The minimum atomic E-state index is 0.367. The van der Waals surface area contributed by atoms with E-state index in [1.807, 2.05) is 12.4 Å². The zero-order chi connectivity index (χ0) is 14.7. The molecule has 3 rings (SSSR count). The molecule has 1 saturated heterocycles. The summed E-state index contributed by atoms with van der Waals surface area (Å²) in [7, 11) is 0. The van der Waals surface area contributed by atoms with E-state index < -0.39 is 0 Å². The highest BCUT2D eigenvalue weighted by Gasteiger charge is 2.24. The molecule has 2 aromatic heterocycles. The molecule has 21 heavy (non-hydrogen) atoms. The number of hydrogen-bond donors (Lipinski definition) is 0. The van der Waals surface area contributed by atoms with Crippen LogP contribution in [0.5, 0.6) is 0 Å². The molecule has 0 bridgehead atoms. The maximum absolute atomic E-state index is 4.45. The van der Waals surface area contributed by atoms with E-state index in [9.17, 15) is 0 Å². The molecule has 0 spiro atoms. The van der Waals surface area contributed by atoms with Crippen molar-refractivity contribution in [2.75, 3.05) is 18.0 Å². The highest BCUT2D eigenvalue weighted by molar-refractivity contribution is 9.10. The molecule has 0 aliphatic carbocycles. The van der Waals surface area contributed by atoms with Crippen LogP contribution in [0.1, 0.15) is 37.2 Å². The Balaban J connectivity index is 1.77. The predicted octanol–water partition coefficient (Wildman–Crippen LogP) is 2.98. The fourth-order valence-corrected chi connectivity index (χ4v) is 2.89. The monoisotopic (exact) mass is 347 g/mol. The van der Waals surface area contributed by atoms with Crippen LogP contribution in [0.15, 0.2) is 29.3 Å². The number of aromatic nitrogens is 4. The van der Waals surface area contributed by atoms with Crippen molar-refractivity contribution >= 4 is 21.7 Å². The highest BCUT2D eigenvalue weighted by Crippen LogP contribution is 2.27. The average Bonchev–Trinajstić information content (AvgIpc) is 2.56. The Morgan fingerprint density at radius 2 is 2.05 bits per heavy atom. The Morgan fingerprint density at radius 1 is 1.24 bits per heavy atom. The van der Waals surface area contributed by atoms with Crippen LogP contribution in [0.4, 0.5) is 5.82 Å². The smallest absolute Gasteiger partial charge is 0.133 e. The van der Waals surface area contributed by atoms with Gasteiger partial charge < -0.3 is 4.90 Å². The Morgan fingerprint density at radius 3 is 2.81 bits per heavy atom. The van der Waals surface area contributed by atoms with Gasteiger partial charge in [0.15, 0.2) is 0 Å². The topological polar surface area (TPSA) is 54.8 Å². The highest BCUT2D eigenvalue weighted by atomic mass is 79.9. The maximum Gasteiger partial charge on any atom is 0.133 e. The van der Waals surface area contributed by atoms with Crippen LogP contribution in [0, 0.1) is 0 Å². The van der Waals surface area contributed by atoms with Gasteiger partial charge in [-0.2, -0.15) is 0 Å². The largest absolute Gasteiger partial charge is 0.356 e. The Bertz CT molecular complexity index is 601. The lowest BCUT2D eigenvalue weighted by Gasteiger charge is -2.32. The first-order valence-corrected chi connectivity index (χ1v) is 8.09. The fourth-order valence-electron chi connectivity index (χ4n) is 2.68. The summed E-state index contributed by atoms with van der Waals surface area (Å²) in [5.41, 5.74) is 1.09. The molecule has 1 aliphatic rings. The lowest BCUT2D eigenvalue weighted by Crippen LogP contribution is -2.35. The number of hydrogen-bond acceptors (Lipinski definition) is 5. The van der Waals surface area contributed by atoms with Gasteiger partial charge in [-0.15, -0.1) is 0 Å². The van der Waals surface area contributed by atoms with E-state index in [2.05, 4.69) is 53.8 Å². The van der Waals surface area contributed by atoms with Crippen LogP contribution in [0.2, 0.25) is 0 Å². The summed E-state index contributed by atoms with van der Waals surface area (Å²) in [6.07, 6.45) is 8.50. The summed E-state index contributed by atoms with van der Waals surface area (Å²) >= 11 is 3.38. The zero-order valence-electron chi connectivity index (χ0n) is 12.0. The predicted molar refractivity (Wildman–Crippen MR) is 85.3 cm³/mol. The summed E-state index contributed by atoms with van der Waals surface area (Å²) in [4.78, 5) is 19.9. The van der Waals surface area contributed by atoms with Gasteiger partial charge in [-0.05, 0) is 35.2 Å². The minimum absolute atomic E-state index is 0.367. The molecule has 5 nitrogen and oxygen atoms in total. The van der Waals surface area contributed by atoms with E-state index >= 15 is 0 Å². The minimum Gasteiger partial charge on any atom is -0.356 e. The second kappa shape index (κ2) is 6.47. The van der Waals surface area contributed by atoms with Gasteiger partial charge in [-0.25, -0.2) is 19.9 Å². The average molecular weight is 348 g/mol. The summed E-state index contributed by atoms with van der Waals surface area (Å²) < 4.78 is 0.919. The van der Waals surface area contributed by atoms with Crippen molar-refractivity contribution in [1.82, 2.24) is 19.9 Å². The maximum atomic E-state index is 4.45. The summed E-state index contributed by atoms with van der Waals surface area (Å²) in [6.45, 7) is 4.07. The van der Waals surface area contributed by atoms with Crippen LogP contribution in [-0.4, -0.2) is 33.0 Å². The first kappa shape index (κ1) is 14.4. The Labute approximate surface area is 133 Å². The molecular weight excluding hydrogens is 330 g/mol. The van der Waals surface area contributed by atoms with Gasteiger partial charge in [0.1, 0.15) is 18.0 Å². The first-order chi connectivity index (χ1) is 10.3. The van der Waals surface area contributed by atoms with Crippen LogP contribution in [0.3, 0.4) is 0 Å².